The Kier molecular flexibility index (Phi) is 5.96. The molecule has 0 spiro atoms. The van der Waals surface area contributed by atoms with Gasteiger partial charge in [-0.25, -0.2) is 4.39 Å². The second kappa shape index (κ2) is 7.95. The summed E-state index contributed by atoms with van der Waals surface area (Å²) in [6.07, 6.45) is 1.19. The van der Waals surface area contributed by atoms with Gasteiger partial charge in [-0.3, -0.25) is 4.79 Å². The molecule has 0 saturated heterocycles. The largest absolute Gasteiger partial charge is 0.488 e. The molecule has 2 aromatic rings. The molecule has 0 atom stereocenters. The Balaban J connectivity index is 2.23. The van der Waals surface area contributed by atoms with Gasteiger partial charge in [0.1, 0.15) is 23.9 Å². The van der Waals surface area contributed by atoms with Gasteiger partial charge in [0.15, 0.2) is 0 Å². The van der Waals surface area contributed by atoms with Crippen LogP contribution in [0.2, 0.25) is 0 Å². The van der Waals surface area contributed by atoms with Crippen LogP contribution in [0.4, 0.5) is 4.39 Å². The lowest BCUT2D eigenvalue weighted by atomic mass is 10.0. The van der Waals surface area contributed by atoms with Gasteiger partial charge in [0, 0.05) is 6.42 Å². The van der Waals surface area contributed by atoms with Gasteiger partial charge in [-0.2, -0.15) is 0 Å². The minimum atomic E-state index is -0.448. The molecule has 3 nitrogen and oxygen atoms in total. The zero-order chi connectivity index (χ0) is 17.7. The third kappa shape index (κ3) is 4.13. The Bertz CT molecular complexity index is 738. The average Bonchev–Trinajstić information content (AvgIpc) is 2.56. The van der Waals surface area contributed by atoms with Crippen LogP contribution in [-0.2, 0) is 17.8 Å². The van der Waals surface area contributed by atoms with Crippen LogP contribution in [0.5, 0.6) is 11.5 Å². The maximum atomic E-state index is 14.1. The number of esters is 1. The number of hydrogen-bond acceptors (Lipinski definition) is 3. The van der Waals surface area contributed by atoms with Crippen LogP contribution in [0, 0.1) is 19.7 Å². The predicted molar refractivity (Wildman–Crippen MR) is 92.0 cm³/mol. The number of hydrogen-bond donors (Lipinski definition) is 0. The van der Waals surface area contributed by atoms with Crippen LogP contribution in [-0.4, -0.2) is 5.97 Å². The minimum absolute atomic E-state index is 0.00471. The third-order valence-corrected chi connectivity index (χ3v) is 3.97. The van der Waals surface area contributed by atoms with E-state index >= 15 is 0 Å². The summed E-state index contributed by atoms with van der Waals surface area (Å²) in [7, 11) is 0. The summed E-state index contributed by atoms with van der Waals surface area (Å²) in [4.78, 5) is 11.5. The standard InChI is InChI=1S/C20H23FO3/c1-5-15-10-14(4)19(11-13(15)3)23-12-16-17(21)8-7-9-18(16)24-20(22)6-2/h7-11H,5-6,12H2,1-4H3. The number of rotatable bonds is 6. The van der Waals surface area contributed by atoms with Crippen molar-refractivity contribution in [2.75, 3.05) is 0 Å². The van der Waals surface area contributed by atoms with Crippen molar-refractivity contribution in [1.82, 2.24) is 0 Å². The van der Waals surface area contributed by atoms with Gasteiger partial charge in [0.05, 0.1) is 5.56 Å². The number of carbonyl (C=O) groups is 1. The lowest BCUT2D eigenvalue weighted by Crippen LogP contribution is -2.10. The molecule has 2 rings (SSSR count). The Morgan fingerprint density at radius 3 is 2.50 bits per heavy atom. The van der Waals surface area contributed by atoms with Crippen molar-refractivity contribution in [3.63, 3.8) is 0 Å². The molecule has 0 aliphatic carbocycles. The molecule has 0 fully saturated rings. The van der Waals surface area contributed by atoms with Crippen LogP contribution in [0.1, 0.15) is 42.5 Å². The summed E-state index contributed by atoms with van der Waals surface area (Å²) in [5.74, 6) is 0.0688. The van der Waals surface area contributed by atoms with Crippen molar-refractivity contribution >= 4 is 5.97 Å². The molecule has 0 amide bonds. The van der Waals surface area contributed by atoms with Gasteiger partial charge in [-0.15, -0.1) is 0 Å². The number of halogens is 1. The SMILES string of the molecule is CCC(=O)Oc1cccc(F)c1COc1cc(C)c(CC)cc1C. The van der Waals surface area contributed by atoms with Gasteiger partial charge >= 0.3 is 5.97 Å². The monoisotopic (exact) mass is 330 g/mol. The Morgan fingerprint density at radius 1 is 1.08 bits per heavy atom. The summed E-state index contributed by atoms with van der Waals surface area (Å²) < 4.78 is 25.1. The normalized spacial score (nSPS) is 10.5. The molecule has 0 aliphatic rings. The zero-order valence-corrected chi connectivity index (χ0v) is 14.6. The second-order valence-corrected chi connectivity index (χ2v) is 5.73. The molecule has 0 saturated carbocycles. The Morgan fingerprint density at radius 2 is 1.83 bits per heavy atom. The van der Waals surface area contributed by atoms with Crippen molar-refractivity contribution in [2.45, 2.75) is 47.1 Å². The van der Waals surface area contributed by atoms with E-state index in [1.54, 1.807) is 13.0 Å². The van der Waals surface area contributed by atoms with Crippen molar-refractivity contribution in [1.29, 1.82) is 0 Å². The highest BCUT2D eigenvalue weighted by Crippen LogP contribution is 2.27. The molecule has 0 radical (unpaired) electrons. The lowest BCUT2D eigenvalue weighted by molar-refractivity contribution is -0.134. The fraction of sp³-hybridized carbons (Fsp3) is 0.350. The van der Waals surface area contributed by atoms with Crippen molar-refractivity contribution in [3.05, 3.63) is 58.4 Å². The minimum Gasteiger partial charge on any atom is -0.488 e. The van der Waals surface area contributed by atoms with Crippen molar-refractivity contribution in [3.8, 4) is 11.5 Å². The van der Waals surface area contributed by atoms with Crippen LogP contribution in [0.15, 0.2) is 30.3 Å². The summed E-state index contributed by atoms with van der Waals surface area (Å²) >= 11 is 0. The molecule has 0 heterocycles. The number of aryl methyl sites for hydroxylation is 3. The predicted octanol–water partition coefficient (Wildman–Crippen LogP) is 4.90. The first kappa shape index (κ1) is 18.0. The second-order valence-electron chi connectivity index (χ2n) is 5.73. The third-order valence-electron chi connectivity index (χ3n) is 3.97. The Hall–Kier alpha value is -2.36. The van der Waals surface area contributed by atoms with E-state index in [1.807, 2.05) is 19.9 Å². The van der Waals surface area contributed by atoms with E-state index in [4.69, 9.17) is 9.47 Å². The first-order valence-electron chi connectivity index (χ1n) is 8.17. The zero-order valence-electron chi connectivity index (χ0n) is 14.6. The van der Waals surface area contributed by atoms with Gasteiger partial charge in [0.2, 0.25) is 0 Å². The molecular weight excluding hydrogens is 307 g/mol. The summed E-state index contributed by atoms with van der Waals surface area (Å²) in [5.41, 5.74) is 3.66. The maximum Gasteiger partial charge on any atom is 0.310 e. The summed E-state index contributed by atoms with van der Waals surface area (Å²) in [6.45, 7) is 7.80. The molecule has 4 heteroatoms. The van der Waals surface area contributed by atoms with Gasteiger partial charge < -0.3 is 9.47 Å². The first-order valence-corrected chi connectivity index (χ1v) is 8.17. The van der Waals surface area contributed by atoms with E-state index in [0.29, 0.717) is 5.75 Å². The fourth-order valence-corrected chi connectivity index (χ4v) is 2.51. The van der Waals surface area contributed by atoms with Crippen LogP contribution in [0.25, 0.3) is 0 Å². The quantitative estimate of drug-likeness (QED) is 0.558. The van der Waals surface area contributed by atoms with Gasteiger partial charge in [0.25, 0.3) is 0 Å². The number of ether oxygens (including phenoxy) is 2. The number of carbonyl (C=O) groups excluding carboxylic acids is 1. The summed E-state index contributed by atoms with van der Waals surface area (Å²) in [6, 6.07) is 8.48. The van der Waals surface area contributed by atoms with Crippen molar-refractivity contribution < 1.29 is 18.7 Å². The van der Waals surface area contributed by atoms with Gasteiger partial charge in [-0.05, 0) is 55.2 Å². The molecule has 24 heavy (non-hydrogen) atoms. The first-order chi connectivity index (χ1) is 11.5. The van der Waals surface area contributed by atoms with E-state index in [2.05, 4.69) is 13.0 Å². The van der Waals surface area contributed by atoms with E-state index in [-0.39, 0.29) is 24.3 Å². The van der Waals surface area contributed by atoms with E-state index in [1.165, 1.54) is 17.7 Å². The van der Waals surface area contributed by atoms with Crippen LogP contribution in [0.3, 0.4) is 0 Å². The summed E-state index contributed by atoms with van der Waals surface area (Å²) in [5, 5.41) is 0. The Labute approximate surface area is 142 Å². The molecule has 2 aromatic carbocycles. The van der Waals surface area contributed by atoms with Crippen LogP contribution < -0.4 is 9.47 Å². The van der Waals surface area contributed by atoms with E-state index in [9.17, 15) is 9.18 Å². The molecule has 0 N–H and O–H groups in total. The molecule has 0 bridgehead atoms. The highest BCUT2D eigenvalue weighted by atomic mass is 19.1. The molecule has 0 unspecified atom stereocenters. The molecule has 128 valence electrons. The smallest absolute Gasteiger partial charge is 0.310 e. The highest BCUT2D eigenvalue weighted by Gasteiger charge is 2.14. The maximum absolute atomic E-state index is 14.1. The lowest BCUT2D eigenvalue weighted by Gasteiger charge is -2.15. The molecule has 0 aliphatic heterocycles. The highest BCUT2D eigenvalue weighted by molar-refractivity contribution is 5.72. The molecular formula is C20H23FO3. The molecule has 0 aromatic heterocycles. The number of benzene rings is 2. The van der Waals surface area contributed by atoms with Crippen LogP contribution >= 0.6 is 0 Å². The van der Waals surface area contributed by atoms with E-state index < -0.39 is 11.8 Å². The van der Waals surface area contributed by atoms with Crippen molar-refractivity contribution in [2.24, 2.45) is 0 Å². The average molecular weight is 330 g/mol. The topological polar surface area (TPSA) is 35.5 Å². The van der Waals surface area contributed by atoms with Gasteiger partial charge in [-0.1, -0.05) is 26.0 Å². The fourth-order valence-electron chi connectivity index (χ4n) is 2.51. The van der Waals surface area contributed by atoms with E-state index in [0.717, 1.165) is 17.5 Å².